The molecule has 0 radical (unpaired) electrons. The normalized spacial score (nSPS) is 10.4. The van der Waals surface area contributed by atoms with Crippen molar-refractivity contribution in [1.82, 2.24) is 28.7 Å². The number of H-pyrrole nitrogens is 1. The number of nitrogens with two attached hydrogens (primary N) is 1. The van der Waals surface area contributed by atoms with Gasteiger partial charge in [-0.2, -0.15) is 0 Å². The molecule has 750 valence electrons. The molecule has 10 N–H and O–H groups in total. The van der Waals surface area contributed by atoms with Gasteiger partial charge in [-0.05, 0) is 99.6 Å². The zero-order chi connectivity index (χ0) is 103. The maximum atomic E-state index is 13.9. The Morgan fingerprint density at radius 2 is 0.806 bits per heavy atom. The molecule has 34 nitrogen and oxygen atoms in total. The molecule has 0 aliphatic heterocycles. The van der Waals surface area contributed by atoms with Gasteiger partial charge in [-0.25, -0.2) is 75.8 Å². The third-order valence-corrected chi connectivity index (χ3v) is 17.9. The van der Waals surface area contributed by atoms with Crippen molar-refractivity contribution in [3.8, 4) is 51.0 Å². The predicted octanol–water partition coefficient (Wildman–Crippen LogP) is 7.34. The van der Waals surface area contributed by atoms with Crippen molar-refractivity contribution in [2.24, 2.45) is 5.73 Å². The van der Waals surface area contributed by atoms with Crippen LogP contribution in [0.5, 0.6) is 17.2 Å². The number of carboxylic acid groups (broad SMARTS) is 2. The van der Waals surface area contributed by atoms with E-state index in [4.69, 9.17) is 34.9 Å². The number of aliphatic carboxylic acids is 2. The quantitative estimate of drug-likeness (QED) is 0.00321. The SMILES string of the molecule is COC(=O)CC(=O)C(NP)c1ccc(F)cc1F.COC(=O)C[C-]=O.COC(=O)C[C-]=O.COC(=O)c1c[nH]c(-c2ccc(F)cc2F)c1OC.COC(=O)c1cn(P)c(-c2ccc(F)cc2F)c1O.COC(=O)c1cn(P)c(-c2ccc(F)cc2F)c1OC.COC(OC)N(C)C.NC(C(=O)O)c1ccc(F)cc1F.O=C(O)C(NP)c1ccc(F)cc1F.O=Cc1ccc(F)cc1F.[HH].[K+].[Na+].[OH-].[OH-]. The molecule has 0 saturated heterocycles. The van der Waals surface area contributed by atoms with Crippen molar-refractivity contribution in [3.63, 3.8) is 0 Å². The summed E-state index contributed by atoms with van der Waals surface area (Å²) in [6.45, 7) is 0. The van der Waals surface area contributed by atoms with Gasteiger partial charge in [0, 0.05) is 110 Å². The number of aldehydes is 1. The van der Waals surface area contributed by atoms with Gasteiger partial charge >= 0.3 is 117 Å². The second-order valence-electron chi connectivity index (χ2n) is 25.3. The van der Waals surface area contributed by atoms with Gasteiger partial charge in [0.15, 0.2) is 29.3 Å². The van der Waals surface area contributed by atoms with Crippen LogP contribution in [-0.2, 0) is 76.3 Å². The fourth-order valence-corrected chi connectivity index (χ4v) is 11.6. The summed E-state index contributed by atoms with van der Waals surface area (Å²) in [7, 11) is 25.5. The van der Waals surface area contributed by atoms with Crippen LogP contribution < -0.4 is 106 Å². The first-order chi connectivity index (χ1) is 63.7. The molecule has 0 aliphatic carbocycles. The van der Waals surface area contributed by atoms with Crippen molar-refractivity contribution in [3.05, 3.63) is 266 Å². The molecule has 0 bridgehead atoms. The smallest absolute Gasteiger partial charge is 0.870 e. The number of ether oxygens (including phenoxy) is 10. The number of halogens is 14. The van der Waals surface area contributed by atoms with Gasteiger partial charge in [0.1, 0.15) is 117 Å². The number of nitrogens with zero attached hydrogens (tertiary/aromatic N) is 3. The minimum Gasteiger partial charge on any atom is -0.870 e. The van der Waals surface area contributed by atoms with Crippen LogP contribution in [0.3, 0.4) is 0 Å². The molecule has 139 heavy (non-hydrogen) atoms. The number of nitrogens with one attached hydrogen (secondary N) is 3. The molecular weight excluding hydrogens is 2000 g/mol. The molecule has 7 aromatic carbocycles. The van der Waals surface area contributed by atoms with Gasteiger partial charge in [0.25, 0.3) is 11.9 Å². The van der Waals surface area contributed by atoms with E-state index in [0.717, 1.165) is 86.0 Å². The number of Topliss-reactive ketones (excluding diaryl/α,β-unsaturated/α-hetero) is 1. The number of carbonyl (C=O) groups is 10. The van der Waals surface area contributed by atoms with Gasteiger partial charge in [-0.1, -0.05) is 49.8 Å². The Balaban J connectivity index is -0.000000489. The average molecular weight is 2090 g/mol. The van der Waals surface area contributed by atoms with E-state index in [1.807, 2.05) is 28.4 Å². The van der Waals surface area contributed by atoms with E-state index in [-0.39, 0.29) is 191 Å². The minimum atomic E-state index is -1.46. The van der Waals surface area contributed by atoms with Crippen molar-refractivity contribution >= 4 is 110 Å². The number of carboxylic acids is 2. The Kier molecular flexibility index (Phi) is 67.8. The first-order valence-corrected chi connectivity index (χ1v) is 39.0. The van der Waals surface area contributed by atoms with E-state index in [1.54, 1.807) is 14.2 Å². The topological polar surface area (TPSA) is 497 Å². The Labute approximate surface area is 859 Å². The molecule has 3 aromatic heterocycles. The van der Waals surface area contributed by atoms with Crippen molar-refractivity contribution in [2.75, 3.05) is 85.2 Å². The zero-order valence-corrected chi connectivity index (χ0v) is 85.3. The number of hydrogen-bond donors (Lipinski definition) is 7. The number of hydrogen-bond acceptors (Lipinski definition) is 29. The summed E-state index contributed by atoms with van der Waals surface area (Å²) in [5.41, 5.74) is 5.64. The standard InChI is InChI=1S/C13H12F2NO3P.C13H11F2NO3.C12H10F2NO3P.C11H12F2NO3P.C8H8F2NO2P.C8H7F2NO2.C7H4F2O.C5H13NO2.2C4H5O3.K.Na.2H2O.H2/c1-18-12-9(13(17)19-2)6-16(20)11(12)8-4-3-7(14)5-10(8)15;1-18-12-9(13(17)19-2)6-16-11(12)8-4-3-7(14)5-10(8)15;1-18-12(17)8-5-15(19)10(11(8)16)7-3-2-6(13)4-9(7)14;1-17-10(16)5-9(15)11(14-18)7-3-2-6(12)4-8(7)13;9-4-1-2-5(6(10)3-4)7(11-14)8(12)13;9-4-1-2-5(6(10)3-4)7(11)8(12)13;8-6-2-1-5(4-10)7(9)3-6;1-6(2)5(7-3)8-4;2*1-7-4(6)2-3-5;;;;;/h3-6H,20H2,1-2H3;3-6,16H,1-2H3;2-5,16H,19H2,1H3;2-4,11,14H,5,18H2,1H3;1-3,7,11H,14H2,(H,12,13);1-3,7H,11H2,(H,12,13);1-4H;5H,1-4H3;2*2H2,1H3;;;2*1H2;1H/q;;;;;;;;2*-1;2*+1;;;/p-2. The number of esters is 6. The van der Waals surface area contributed by atoms with E-state index in [1.165, 1.54) is 108 Å². The minimum absolute atomic E-state index is 0. The van der Waals surface area contributed by atoms with Crippen LogP contribution in [0.4, 0.5) is 61.5 Å². The summed E-state index contributed by atoms with van der Waals surface area (Å²) < 4.78 is 231. The molecule has 7 atom stereocenters. The predicted molar refractivity (Wildman–Crippen MR) is 473 cm³/mol. The molecule has 10 rings (SSSR count). The fourth-order valence-electron chi connectivity index (χ4n) is 10.1. The first kappa shape index (κ1) is 135. The molecule has 0 spiro atoms. The summed E-state index contributed by atoms with van der Waals surface area (Å²) in [5.74, 6) is -17.9. The monoisotopic (exact) mass is 2090 g/mol. The fraction of sp³-hybridized carbons (Fsp3) is 0.224. The second kappa shape index (κ2) is 70.0. The summed E-state index contributed by atoms with van der Waals surface area (Å²) in [6, 6.07) is 16.6. The van der Waals surface area contributed by atoms with E-state index < -0.39 is 165 Å². The zero-order valence-electron chi connectivity index (χ0n) is 75.6. The van der Waals surface area contributed by atoms with Crippen molar-refractivity contribution in [1.29, 1.82) is 0 Å². The maximum absolute atomic E-state index is 13.9. The number of rotatable bonds is 26. The van der Waals surface area contributed by atoms with Crippen LogP contribution in [0.1, 0.15) is 96.9 Å². The Hall–Kier alpha value is -10.7. The first-order valence-electron chi connectivity index (χ1n) is 36.8. The van der Waals surface area contributed by atoms with Crippen LogP contribution in [0.2, 0.25) is 0 Å². The number of carbonyl (C=O) groups excluding carboxylic acids is 10. The molecule has 7 unspecified atom stereocenters. The van der Waals surface area contributed by atoms with Crippen molar-refractivity contribution in [2.45, 2.75) is 43.8 Å². The molecule has 0 saturated carbocycles. The van der Waals surface area contributed by atoms with Gasteiger partial charge < -0.3 is 103 Å². The average Bonchev–Trinajstić information content (AvgIpc) is 1.64. The maximum Gasteiger partial charge on any atom is 1.00 e. The molecule has 0 aliphatic rings. The van der Waals surface area contributed by atoms with Gasteiger partial charge in [0.2, 0.25) is 6.41 Å². The Morgan fingerprint density at radius 1 is 0.468 bits per heavy atom. The van der Waals surface area contributed by atoms with E-state index in [0.29, 0.717) is 42.3 Å². The van der Waals surface area contributed by atoms with E-state index in [9.17, 15) is 124 Å². The third-order valence-electron chi connectivity index (χ3n) is 16.4. The number of aromatic amines is 1. The molecule has 10 aromatic rings. The number of ketones is 1. The molecule has 54 heteroatoms. The molecule has 0 amide bonds. The van der Waals surface area contributed by atoms with E-state index in [2.05, 4.69) is 71.8 Å². The number of benzene rings is 7. The third kappa shape index (κ3) is 43.9. The Morgan fingerprint density at radius 3 is 1.12 bits per heavy atom. The van der Waals surface area contributed by atoms with Crippen molar-refractivity contribution < 1.29 is 275 Å². The molecular formula is C85H91F14KN7NaO27P4-2. The second-order valence-corrected chi connectivity index (χ2v) is 27.1. The number of aromatic hydroxyl groups is 1. The summed E-state index contributed by atoms with van der Waals surface area (Å²) >= 11 is 0. The molecule has 0 fully saturated rings. The van der Waals surface area contributed by atoms with Gasteiger partial charge in [-0.15, -0.1) is 0 Å². The Bertz CT molecular complexity index is 5690. The largest absolute Gasteiger partial charge is 1.00 e. The number of methoxy groups -OCH3 is 10. The van der Waals surface area contributed by atoms with Gasteiger partial charge in [-0.3, -0.25) is 61.2 Å². The van der Waals surface area contributed by atoms with Crippen LogP contribution in [0.15, 0.2) is 146 Å². The van der Waals surface area contributed by atoms with Gasteiger partial charge in [0.05, 0.1) is 85.6 Å². The van der Waals surface area contributed by atoms with Crippen LogP contribution in [0, 0.1) is 81.4 Å². The van der Waals surface area contributed by atoms with Crippen LogP contribution in [-0.4, -0.2) is 209 Å². The summed E-state index contributed by atoms with van der Waals surface area (Å²) in [4.78, 5) is 131. The van der Waals surface area contributed by atoms with E-state index >= 15 is 0 Å². The molecule has 3 heterocycles. The summed E-state index contributed by atoms with van der Waals surface area (Å²) in [6.07, 6.45) is 5.96. The van der Waals surface area contributed by atoms with Crippen LogP contribution in [0.25, 0.3) is 33.8 Å². The number of aromatic nitrogens is 3. The summed E-state index contributed by atoms with van der Waals surface area (Å²) in [5, 5.41) is 31.9. The van der Waals surface area contributed by atoms with Crippen LogP contribution >= 0.6 is 37.6 Å².